The summed E-state index contributed by atoms with van der Waals surface area (Å²) in [6.07, 6.45) is 3.19. The first kappa shape index (κ1) is 11.5. The van der Waals surface area contributed by atoms with Gasteiger partial charge in [-0.2, -0.15) is 0 Å². The van der Waals surface area contributed by atoms with Gasteiger partial charge in [0.25, 0.3) is 5.91 Å². The average molecular weight is 293 g/mol. The van der Waals surface area contributed by atoms with Crippen molar-refractivity contribution in [3.63, 3.8) is 0 Å². The van der Waals surface area contributed by atoms with Crippen LogP contribution in [0.25, 0.3) is 0 Å². The molecule has 86 valence electrons. The van der Waals surface area contributed by atoms with Crippen molar-refractivity contribution in [2.45, 2.75) is 0 Å². The smallest absolute Gasteiger partial charge is 0.269 e. The number of aromatic nitrogens is 2. The third kappa shape index (κ3) is 3.25. The molecule has 0 saturated heterocycles. The van der Waals surface area contributed by atoms with Gasteiger partial charge >= 0.3 is 0 Å². The van der Waals surface area contributed by atoms with Crippen LogP contribution < -0.4 is 10.9 Å². The van der Waals surface area contributed by atoms with E-state index in [0.29, 0.717) is 16.0 Å². The fourth-order valence-electron chi connectivity index (χ4n) is 1.17. The maximum absolute atomic E-state index is 11.7. The van der Waals surface area contributed by atoms with E-state index in [1.807, 2.05) is 6.07 Å². The molecule has 0 bridgehead atoms. The Balaban J connectivity index is 1.98. The van der Waals surface area contributed by atoms with Crippen LogP contribution in [0.3, 0.4) is 0 Å². The van der Waals surface area contributed by atoms with Gasteiger partial charge in [-0.05, 0) is 40.2 Å². The van der Waals surface area contributed by atoms with E-state index in [4.69, 9.17) is 0 Å². The van der Waals surface area contributed by atoms with Gasteiger partial charge in [-0.25, -0.2) is 9.97 Å². The summed E-state index contributed by atoms with van der Waals surface area (Å²) in [5.74, 6) is 0.327. The number of hydrazine groups is 1. The minimum absolute atomic E-state index is 0.251. The summed E-state index contributed by atoms with van der Waals surface area (Å²) in [5, 5.41) is 0. The second-order valence-corrected chi connectivity index (χ2v) is 3.97. The van der Waals surface area contributed by atoms with E-state index in [2.05, 4.69) is 36.7 Å². The summed E-state index contributed by atoms with van der Waals surface area (Å²) < 4.78 is 0.614. The monoisotopic (exact) mass is 292 g/mol. The zero-order valence-electron chi connectivity index (χ0n) is 8.72. The first-order chi connectivity index (χ1) is 8.25. The van der Waals surface area contributed by atoms with Gasteiger partial charge in [0.15, 0.2) is 0 Å². The SMILES string of the molecule is O=C(NNc1ccccn1)c1ccnc(Br)c1. The van der Waals surface area contributed by atoms with Crippen LogP contribution in [0.5, 0.6) is 0 Å². The van der Waals surface area contributed by atoms with E-state index in [9.17, 15) is 4.79 Å². The normalized spacial score (nSPS) is 9.71. The van der Waals surface area contributed by atoms with Gasteiger partial charge in [-0.3, -0.25) is 15.6 Å². The van der Waals surface area contributed by atoms with E-state index >= 15 is 0 Å². The Bertz CT molecular complexity index is 518. The molecule has 2 aromatic heterocycles. The molecular formula is C11H9BrN4O. The fourth-order valence-corrected chi connectivity index (χ4v) is 1.54. The predicted octanol–water partition coefficient (Wildman–Crippen LogP) is 2.00. The van der Waals surface area contributed by atoms with Crippen LogP contribution in [0.1, 0.15) is 10.4 Å². The first-order valence-electron chi connectivity index (χ1n) is 4.84. The van der Waals surface area contributed by atoms with Crippen LogP contribution in [0.4, 0.5) is 5.82 Å². The number of carbonyl (C=O) groups excluding carboxylic acids is 1. The zero-order valence-corrected chi connectivity index (χ0v) is 10.3. The molecule has 0 spiro atoms. The zero-order chi connectivity index (χ0) is 12.1. The number of amides is 1. The molecule has 2 rings (SSSR count). The second-order valence-electron chi connectivity index (χ2n) is 3.16. The van der Waals surface area contributed by atoms with Crippen LogP contribution >= 0.6 is 15.9 Å². The predicted molar refractivity (Wildman–Crippen MR) is 67.3 cm³/mol. The molecule has 0 aliphatic heterocycles. The number of nitrogens with zero attached hydrogens (tertiary/aromatic N) is 2. The largest absolute Gasteiger partial charge is 0.282 e. The molecule has 0 saturated carbocycles. The van der Waals surface area contributed by atoms with Gasteiger partial charge < -0.3 is 0 Å². The molecule has 0 aromatic carbocycles. The molecule has 0 aliphatic rings. The van der Waals surface area contributed by atoms with Crippen LogP contribution in [0.2, 0.25) is 0 Å². The molecule has 0 radical (unpaired) electrons. The van der Waals surface area contributed by atoms with E-state index in [-0.39, 0.29) is 5.91 Å². The number of rotatable bonds is 3. The van der Waals surface area contributed by atoms with Gasteiger partial charge in [0.05, 0.1) is 0 Å². The van der Waals surface area contributed by atoms with Crippen molar-refractivity contribution in [1.29, 1.82) is 0 Å². The lowest BCUT2D eigenvalue weighted by Crippen LogP contribution is -2.29. The molecule has 17 heavy (non-hydrogen) atoms. The number of pyridine rings is 2. The van der Waals surface area contributed by atoms with Crippen molar-refractivity contribution in [2.24, 2.45) is 0 Å². The Morgan fingerprint density at radius 2 is 2.06 bits per heavy atom. The van der Waals surface area contributed by atoms with Gasteiger partial charge in [-0.15, -0.1) is 0 Å². The molecule has 0 unspecified atom stereocenters. The van der Waals surface area contributed by atoms with E-state index in [0.717, 1.165) is 0 Å². The molecule has 0 aliphatic carbocycles. The van der Waals surface area contributed by atoms with E-state index in [1.54, 1.807) is 36.7 Å². The minimum Gasteiger partial charge on any atom is -0.282 e. The quantitative estimate of drug-likeness (QED) is 0.671. The topological polar surface area (TPSA) is 66.9 Å². The molecule has 5 nitrogen and oxygen atoms in total. The molecule has 1 amide bonds. The molecule has 2 aromatic rings. The maximum Gasteiger partial charge on any atom is 0.269 e. The minimum atomic E-state index is -0.251. The molecule has 0 atom stereocenters. The summed E-state index contributed by atoms with van der Waals surface area (Å²) >= 11 is 3.20. The maximum atomic E-state index is 11.7. The Morgan fingerprint density at radius 3 is 2.76 bits per heavy atom. The molecular weight excluding hydrogens is 284 g/mol. The summed E-state index contributed by atoms with van der Waals surface area (Å²) in [5.41, 5.74) is 5.77. The van der Waals surface area contributed by atoms with E-state index < -0.39 is 0 Å². The molecule has 6 heteroatoms. The highest BCUT2D eigenvalue weighted by atomic mass is 79.9. The third-order valence-electron chi connectivity index (χ3n) is 1.96. The van der Waals surface area contributed by atoms with Crippen LogP contribution in [0, 0.1) is 0 Å². The van der Waals surface area contributed by atoms with Crippen molar-refractivity contribution in [2.75, 3.05) is 5.43 Å². The summed E-state index contributed by atoms with van der Waals surface area (Å²) in [6.45, 7) is 0. The van der Waals surface area contributed by atoms with Gasteiger partial charge in [0.2, 0.25) is 0 Å². The number of nitrogens with one attached hydrogen (secondary N) is 2. The molecule has 0 fully saturated rings. The highest BCUT2D eigenvalue weighted by Gasteiger charge is 2.05. The fraction of sp³-hybridized carbons (Fsp3) is 0. The second kappa shape index (κ2) is 5.40. The van der Waals surface area contributed by atoms with Gasteiger partial charge in [0.1, 0.15) is 10.4 Å². The van der Waals surface area contributed by atoms with Gasteiger partial charge in [-0.1, -0.05) is 6.07 Å². The summed E-state index contributed by atoms with van der Waals surface area (Å²) in [4.78, 5) is 19.7. The van der Waals surface area contributed by atoms with Crippen molar-refractivity contribution < 1.29 is 4.79 Å². The number of anilines is 1. The van der Waals surface area contributed by atoms with Crippen LogP contribution in [-0.4, -0.2) is 15.9 Å². The average Bonchev–Trinajstić information content (AvgIpc) is 2.37. The van der Waals surface area contributed by atoms with Crippen molar-refractivity contribution >= 4 is 27.7 Å². The van der Waals surface area contributed by atoms with E-state index in [1.165, 1.54) is 0 Å². The Hall–Kier alpha value is -1.95. The highest BCUT2D eigenvalue weighted by molar-refractivity contribution is 9.10. The van der Waals surface area contributed by atoms with Gasteiger partial charge in [0, 0.05) is 18.0 Å². The third-order valence-corrected chi connectivity index (χ3v) is 2.39. The number of halogens is 1. The number of hydrogen-bond acceptors (Lipinski definition) is 4. The lowest BCUT2D eigenvalue weighted by atomic mass is 10.3. The molecule has 2 N–H and O–H groups in total. The number of carbonyl (C=O) groups is 1. The van der Waals surface area contributed by atoms with Crippen molar-refractivity contribution in [3.05, 3.63) is 52.9 Å². The highest BCUT2D eigenvalue weighted by Crippen LogP contribution is 2.07. The number of hydrogen-bond donors (Lipinski definition) is 2. The lowest BCUT2D eigenvalue weighted by molar-refractivity contribution is 0.0962. The van der Waals surface area contributed by atoms with Crippen molar-refractivity contribution in [3.8, 4) is 0 Å². The van der Waals surface area contributed by atoms with Crippen molar-refractivity contribution in [1.82, 2.24) is 15.4 Å². The Labute approximate surface area is 106 Å². The summed E-state index contributed by atoms with van der Waals surface area (Å²) in [7, 11) is 0. The van der Waals surface area contributed by atoms with Crippen LogP contribution in [-0.2, 0) is 0 Å². The summed E-state index contributed by atoms with van der Waals surface area (Å²) in [6, 6.07) is 8.63. The Morgan fingerprint density at radius 1 is 1.18 bits per heavy atom. The molecule has 2 heterocycles. The standard InChI is InChI=1S/C11H9BrN4O/c12-9-7-8(4-6-13-9)11(17)16-15-10-3-1-2-5-14-10/h1-7H,(H,14,15)(H,16,17). The Kier molecular flexibility index (Phi) is 3.66. The van der Waals surface area contributed by atoms with Crippen LogP contribution in [0.15, 0.2) is 47.3 Å². The lowest BCUT2D eigenvalue weighted by Gasteiger charge is -2.07. The first-order valence-corrected chi connectivity index (χ1v) is 5.64.